The number of benzene rings is 1. The highest BCUT2D eigenvalue weighted by atomic mass is 16.3. The maximum atomic E-state index is 10.0. The first-order valence-electron chi connectivity index (χ1n) is 5.94. The Kier molecular flexibility index (Phi) is 3.95. The minimum Gasteiger partial charge on any atom is -0.388 e. The van der Waals surface area contributed by atoms with E-state index in [-0.39, 0.29) is 6.10 Å². The summed E-state index contributed by atoms with van der Waals surface area (Å²) in [5.41, 5.74) is 2.48. The fourth-order valence-corrected chi connectivity index (χ4v) is 2.02. The van der Waals surface area contributed by atoms with Gasteiger partial charge in [-0.25, -0.2) is 0 Å². The van der Waals surface area contributed by atoms with Crippen molar-refractivity contribution in [1.29, 1.82) is 0 Å². The van der Waals surface area contributed by atoms with Crippen LogP contribution >= 0.6 is 0 Å². The zero-order valence-electron chi connectivity index (χ0n) is 9.47. The maximum absolute atomic E-state index is 10.0. The van der Waals surface area contributed by atoms with Crippen molar-refractivity contribution in [3.8, 4) is 0 Å². The van der Waals surface area contributed by atoms with Crippen LogP contribution in [0, 0.1) is 0 Å². The lowest BCUT2D eigenvalue weighted by molar-refractivity contribution is 0.167. The highest BCUT2D eigenvalue weighted by Crippen LogP contribution is 2.23. The Balaban J connectivity index is 1.86. The lowest BCUT2D eigenvalue weighted by Gasteiger charge is -2.13. The Morgan fingerprint density at radius 1 is 1.19 bits per heavy atom. The SMILES string of the molecule is OC(CCC1=CC=CCC1)c1ccccc1. The van der Waals surface area contributed by atoms with Crippen LogP contribution in [0.15, 0.2) is 54.1 Å². The summed E-state index contributed by atoms with van der Waals surface area (Å²) in [6, 6.07) is 9.90. The van der Waals surface area contributed by atoms with Gasteiger partial charge < -0.3 is 5.11 Å². The van der Waals surface area contributed by atoms with Crippen molar-refractivity contribution in [3.05, 3.63) is 59.7 Å². The Morgan fingerprint density at radius 3 is 2.69 bits per heavy atom. The van der Waals surface area contributed by atoms with E-state index in [1.807, 2.05) is 30.3 Å². The molecule has 1 atom stereocenters. The van der Waals surface area contributed by atoms with E-state index < -0.39 is 0 Å². The predicted octanol–water partition coefficient (Wildman–Crippen LogP) is 3.78. The van der Waals surface area contributed by atoms with E-state index in [9.17, 15) is 5.11 Å². The van der Waals surface area contributed by atoms with Crippen molar-refractivity contribution in [2.45, 2.75) is 31.8 Å². The summed E-state index contributed by atoms with van der Waals surface area (Å²) in [7, 11) is 0. The molecule has 1 nitrogen and oxygen atoms in total. The van der Waals surface area contributed by atoms with Gasteiger partial charge in [0.25, 0.3) is 0 Å². The van der Waals surface area contributed by atoms with Gasteiger partial charge in [0.1, 0.15) is 0 Å². The van der Waals surface area contributed by atoms with E-state index >= 15 is 0 Å². The van der Waals surface area contributed by atoms with Gasteiger partial charge in [-0.1, -0.05) is 54.1 Å². The van der Waals surface area contributed by atoms with Crippen LogP contribution in [0.4, 0.5) is 0 Å². The van der Waals surface area contributed by atoms with Crippen LogP contribution in [-0.4, -0.2) is 5.11 Å². The molecule has 1 unspecified atom stereocenters. The summed E-state index contributed by atoms with van der Waals surface area (Å²) < 4.78 is 0. The van der Waals surface area contributed by atoms with Crippen molar-refractivity contribution >= 4 is 0 Å². The van der Waals surface area contributed by atoms with Crippen molar-refractivity contribution in [3.63, 3.8) is 0 Å². The normalized spacial score (nSPS) is 16.9. The zero-order valence-corrected chi connectivity index (χ0v) is 9.47. The van der Waals surface area contributed by atoms with Crippen molar-refractivity contribution in [2.75, 3.05) is 0 Å². The molecule has 0 heterocycles. The summed E-state index contributed by atoms with van der Waals surface area (Å²) in [4.78, 5) is 0. The molecule has 1 aliphatic rings. The molecule has 0 saturated heterocycles. The molecule has 0 fully saturated rings. The van der Waals surface area contributed by atoms with E-state index in [4.69, 9.17) is 0 Å². The summed E-state index contributed by atoms with van der Waals surface area (Å²) >= 11 is 0. The van der Waals surface area contributed by atoms with Gasteiger partial charge in [0.05, 0.1) is 6.10 Å². The van der Waals surface area contributed by atoms with Crippen LogP contribution < -0.4 is 0 Å². The first-order valence-corrected chi connectivity index (χ1v) is 5.94. The van der Waals surface area contributed by atoms with Crippen molar-refractivity contribution < 1.29 is 5.11 Å². The summed E-state index contributed by atoms with van der Waals surface area (Å²) in [6.07, 6.45) is 10.3. The highest BCUT2D eigenvalue weighted by molar-refractivity contribution is 5.20. The van der Waals surface area contributed by atoms with Crippen LogP contribution in [0.25, 0.3) is 0 Å². The fourth-order valence-electron chi connectivity index (χ4n) is 2.02. The van der Waals surface area contributed by atoms with Crippen LogP contribution in [0.5, 0.6) is 0 Å². The molecule has 1 heteroatoms. The van der Waals surface area contributed by atoms with Crippen molar-refractivity contribution in [1.82, 2.24) is 0 Å². The number of rotatable bonds is 4. The number of aliphatic hydroxyl groups is 1. The molecule has 0 bridgehead atoms. The highest BCUT2D eigenvalue weighted by Gasteiger charge is 2.08. The molecule has 0 amide bonds. The number of hydrogen-bond donors (Lipinski definition) is 1. The third-order valence-corrected chi connectivity index (χ3v) is 3.02. The average molecular weight is 214 g/mol. The molecule has 1 aromatic rings. The van der Waals surface area contributed by atoms with Gasteiger partial charge in [-0.15, -0.1) is 0 Å². The molecular formula is C15H18O. The van der Waals surface area contributed by atoms with Crippen molar-refractivity contribution in [2.24, 2.45) is 0 Å². The van der Waals surface area contributed by atoms with Crippen LogP contribution in [-0.2, 0) is 0 Å². The second-order valence-corrected chi connectivity index (χ2v) is 4.26. The molecule has 2 rings (SSSR count). The first kappa shape index (κ1) is 11.2. The van der Waals surface area contributed by atoms with Gasteiger partial charge in [-0.3, -0.25) is 0 Å². The van der Waals surface area contributed by atoms with Crippen LogP contribution in [0.1, 0.15) is 37.4 Å². The van der Waals surface area contributed by atoms with E-state index in [0.29, 0.717) is 0 Å². The maximum Gasteiger partial charge on any atom is 0.0793 e. The number of aliphatic hydroxyl groups excluding tert-OH is 1. The Bertz CT molecular complexity index is 376. The molecular weight excluding hydrogens is 196 g/mol. The average Bonchev–Trinajstić information content (AvgIpc) is 2.38. The van der Waals surface area contributed by atoms with Crippen LogP contribution in [0.3, 0.4) is 0 Å². The molecule has 0 spiro atoms. The molecule has 84 valence electrons. The van der Waals surface area contributed by atoms with Gasteiger partial charge in [-0.2, -0.15) is 0 Å². The second-order valence-electron chi connectivity index (χ2n) is 4.26. The molecule has 0 radical (unpaired) electrons. The quantitative estimate of drug-likeness (QED) is 0.808. The van der Waals surface area contributed by atoms with E-state index in [2.05, 4.69) is 18.2 Å². The molecule has 1 aromatic carbocycles. The number of allylic oxidation sites excluding steroid dienone is 4. The first-order chi connectivity index (χ1) is 7.86. The summed E-state index contributed by atoms with van der Waals surface area (Å²) in [6.45, 7) is 0. The zero-order chi connectivity index (χ0) is 11.2. The lowest BCUT2D eigenvalue weighted by Crippen LogP contribution is -1.98. The Morgan fingerprint density at radius 2 is 2.00 bits per heavy atom. The second kappa shape index (κ2) is 5.66. The van der Waals surface area contributed by atoms with E-state index in [1.54, 1.807) is 0 Å². The third kappa shape index (κ3) is 3.07. The minimum absolute atomic E-state index is 0.326. The number of hydrogen-bond acceptors (Lipinski definition) is 1. The van der Waals surface area contributed by atoms with Gasteiger partial charge in [0, 0.05) is 0 Å². The molecule has 0 aromatic heterocycles. The fraction of sp³-hybridized carbons (Fsp3) is 0.333. The Hall–Kier alpha value is -1.34. The topological polar surface area (TPSA) is 20.2 Å². The Labute approximate surface area is 97.1 Å². The monoisotopic (exact) mass is 214 g/mol. The molecule has 1 N–H and O–H groups in total. The predicted molar refractivity (Wildman–Crippen MR) is 67.1 cm³/mol. The molecule has 16 heavy (non-hydrogen) atoms. The standard InChI is InChI=1S/C15H18O/c16-15(14-9-5-2-6-10-14)12-11-13-7-3-1-4-8-13/h1-3,5-7,9-10,15-16H,4,8,11-12H2. The van der Waals surface area contributed by atoms with E-state index in [0.717, 1.165) is 31.2 Å². The van der Waals surface area contributed by atoms with Gasteiger partial charge in [0.15, 0.2) is 0 Å². The molecule has 0 aliphatic heterocycles. The third-order valence-electron chi connectivity index (χ3n) is 3.02. The van der Waals surface area contributed by atoms with Crippen LogP contribution in [0.2, 0.25) is 0 Å². The van der Waals surface area contributed by atoms with Gasteiger partial charge in [0.2, 0.25) is 0 Å². The molecule has 0 saturated carbocycles. The van der Waals surface area contributed by atoms with Gasteiger partial charge >= 0.3 is 0 Å². The van der Waals surface area contributed by atoms with Gasteiger partial charge in [-0.05, 0) is 31.2 Å². The summed E-state index contributed by atoms with van der Waals surface area (Å²) in [5, 5.41) is 10.0. The smallest absolute Gasteiger partial charge is 0.0793 e. The lowest BCUT2D eigenvalue weighted by atomic mass is 9.96. The van der Waals surface area contributed by atoms with E-state index in [1.165, 1.54) is 5.57 Å². The minimum atomic E-state index is -0.326. The molecule has 1 aliphatic carbocycles. The largest absolute Gasteiger partial charge is 0.388 e. The summed E-state index contributed by atoms with van der Waals surface area (Å²) in [5.74, 6) is 0.